The van der Waals surface area contributed by atoms with E-state index in [9.17, 15) is 0 Å². The standard InChI is InChI=1S/C17H26N4O.HI/c1-2-6-15(7-3-1)13-21-10-5-11-22-16(14-21)12-20-17-18-8-4-9-19-17;/h1-3,6-7,16H,4-5,8-14H2,(H2,18,19,20);1H. The number of guanidine groups is 1. The average molecular weight is 430 g/mol. The van der Waals surface area contributed by atoms with E-state index in [-0.39, 0.29) is 30.1 Å². The second-order valence-corrected chi connectivity index (χ2v) is 5.96. The van der Waals surface area contributed by atoms with Crippen molar-refractivity contribution >= 4 is 29.9 Å². The molecule has 2 heterocycles. The van der Waals surface area contributed by atoms with Crippen molar-refractivity contribution in [3.63, 3.8) is 0 Å². The molecule has 1 saturated heterocycles. The second-order valence-electron chi connectivity index (χ2n) is 5.96. The maximum Gasteiger partial charge on any atom is 0.191 e. The van der Waals surface area contributed by atoms with E-state index in [2.05, 4.69) is 50.9 Å². The first-order chi connectivity index (χ1) is 10.9. The molecule has 23 heavy (non-hydrogen) atoms. The molecule has 0 bridgehead atoms. The van der Waals surface area contributed by atoms with Gasteiger partial charge in [0.2, 0.25) is 0 Å². The molecule has 5 nitrogen and oxygen atoms in total. The molecule has 6 heteroatoms. The summed E-state index contributed by atoms with van der Waals surface area (Å²) in [6.07, 6.45) is 2.44. The van der Waals surface area contributed by atoms with Crippen LogP contribution in [0.15, 0.2) is 35.3 Å². The Balaban J connectivity index is 0.00000192. The van der Waals surface area contributed by atoms with Crippen LogP contribution in [0.4, 0.5) is 0 Å². The highest BCUT2D eigenvalue weighted by Gasteiger charge is 2.19. The van der Waals surface area contributed by atoms with Crippen LogP contribution in [0, 0.1) is 0 Å². The van der Waals surface area contributed by atoms with Gasteiger partial charge in [0, 0.05) is 45.9 Å². The molecule has 0 saturated carbocycles. The zero-order valence-electron chi connectivity index (χ0n) is 13.5. The van der Waals surface area contributed by atoms with Crippen molar-refractivity contribution in [2.75, 3.05) is 39.3 Å². The highest BCUT2D eigenvalue weighted by molar-refractivity contribution is 14.0. The number of nitrogens with zero attached hydrogens (tertiary/aromatic N) is 2. The number of nitrogens with one attached hydrogen (secondary N) is 2. The summed E-state index contributed by atoms with van der Waals surface area (Å²) in [5.41, 5.74) is 1.37. The van der Waals surface area contributed by atoms with Crippen LogP contribution in [-0.2, 0) is 11.3 Å². The first kappa shape index (κ1) is 18.5. The summed E-state index contributed by atoms with van der Waals surface area (Å²) in [6, 6.07) is 10.7. The molecular weight excluding hydrogens is 403 g/mol. The van der Waals surface area contributed by atoms with E-state index in [0.717, 1.165) is 64.7 Å². The summed E-state index contributed by atoms with van der Waals surface area (Å²) in [7, 11) is 0. The Morgan fingerprint density at radius 1 is 1.26 bits per heavy atom. The fourth-order valence-electron chi connectivity index (χ4n) is 2.94. The SMILES string of the molecule is I.c1ccc(CN2CCCOC(CNC3=NCCCN3)C2)cc1. The van der Waals surface area contributed by atoms with Crippen molar-refractivity contribution in [2.24, 2.45) is 4.99 Å². The number of hydrogen-bond donors (Lipinski definition) is 2. The smallest absolute Gasteiger partial charge is 0.191 e. The molecule has 1 unspecified atom stereocenters. The van der Waals surface area contributed by atoms with Gasteiger partial charge in [-0.25, -0.2) is 0 Å². The van der Waals surface area contributed by atoms with Gasteiger partial charge in [0.25, 0.3) is 0 Å². The van der Waals surface area contributed by atoms with Crippen LogP contribution < -0.4 is 10.6 Å². The summed E-state index contributed by atoms with van der Waals surface area (Å²) in [5.74, 6) is 0.925. The number of aliphatic imine (C=N–C) groups is 1. The lowest BCUT2D eigenvalue weighted by molar-refractivity contribution is 0.0564. The van der Waals surface area contributed by atoms with Crippen LogP contribution >= 0.6 is 24.0 Å². The van der Waals surface area contributed by atoms with Crippen molar-refractivity contribution in [1.29, 1.82) is 0 Å². The highest BCUT2D eigenvalue weighted by atomic mass is 127. The normalized spacial score (nSPS) is 22.3. The van der Waals surface area contributed by atoms with Gasteiger partial charge in [-0.3, -0.25) is 9.89 Å². The molecular formula is C17H27IN4O. The van der Waals surface area contributed by atoms with Gasteiger partial charge in [-0.05, 0) is 18.4 Å². The van der Waals surface area contributed by atoms with Gasteiger partial charge in [0.1, 0.15) is 0 Å². The molecule has 2 N–H and O–H groups in total. The monoisotopic (exact) mass is 430 g/mol. The molecule has 0 amide bonds. The van der Waals surface area contributed by atoms with E-state index >= 15 is 0 Å². The molecule has 2 aliphatic rings. The number of halogens is 1. The van der Waals surface area contributed by atoms with Gasteiger partial charge in [-0.15, -0.1) is 24.0 Å². The van der Waals surface area contributed by atoms with Crippen LogP contribution in [0.2, 0.25) is 0 Å². The van der Waals surface area contributed by atoms with Crippen LogP contribution in [0.5, 0.6) is 0 Å². The van der Waals surface area contributed by atoms with Crippen LogP contribution in [0.3, 0.4) is 0 Å². The molecule has 3 rings (SSSR count). The van der Waals surface area contributed by atoms with Crippen LogP contribution in [-0.4, -0.2) is 56.3 Å². The van der Waals surface area contributed by atoms with Crippen molar-refractivity contribution in [2.45, 2.75) is 25.5 Å². The van der Waals surface area contributed by atoms with E-state index in [1.54, 1.807) is 0 Å². The topological polar surface area (TPSA) is 48.9 Å². The summed E-state index contributed by atoms with van der Waals surface area (Å²) in [5, 5.41) is 6.69. The Hall–Kier alpha value is -0.860. The summed E-state index contributed by atoms with van der Waals surface area (Å²) < 4.78 is 5.98. The van der Waals surface area contributed by atoms with Gasteiger partial charge in [0.05, 0.1) is 6.10 Å². The second kappa shape index (κ2) is 10.1. The van der Waals surface area contributed by atoms with Gasteiger partial charge in [0.15, 0.2) is 5.96 Å². The van der Waals surface area contributed by atoms with Crippen molar-refractivity contribution in [1.82, 2.24) is 15.5 Å². The van der Waals surface area contributed by atoms with Crippen molar-refractivity contribution in [3.8, 4) is 0 Å². The Bertz CT molecular complexity index is 483. The maximum atomic E-state index is 5.98. The zero-order chi connectivity index (χ0) is 15.0. The minimum atomic E-state index is 0. The lowest BCUT2D eigenvalue weighted by Crippen LogP contribution is -2.46. The minimum absolute atomic E-state index is 0. The number of ether oxygens (including phenoxy) is 1. The molecule has 0 spiro atoms. The Morgan fingerprint density at radius 3 is 2.91 bits per heavy atom. The number of hydrogen-bond acceptors (Lipinski definition) is 5. The van der Waals surface area contributed by atoms with Gasteiger partial charge in [-0.1, -0.05) is 30.3 Å². The molecule has 0 aliphatic carbocycles. The van der Waals surface area contributed by atoms with E-state index in [1.165, 1.54) is 5.56 Å². The van der Waals surface area contributed by atoms with E-state index in [1.807, 2.05) is 0 Å². The molecule has 1 aromatic carbocycles. The van der Waals surface area contributed by atoms with E-state index in [0.29, 0.717) is 0 Å². The first-order valence-corrected chi connectivity index (χ1v) is 8.30. The number of rotatable bonds is 4. The molecule has 0 radical (unpaired) electrons. The van der Waals surface area contributed by atoms with E-state index in [4.69, 9.17) is 4.74 Å². The molecule has 128 valence electrons. The maximum absolute atomic E-state index is 5.98. The quantitative estimate of drug-likeness (QED) is 0.716. The van der Waals surface area contributed by atoms with Crippen LogP contribution in [0.25, 0.3) is 0 Å². The Labute approximate surface area is 155 Å². The lowest BCUT2D eigenvalue weighted by Gasteiger charge is -2.25. The van der Waals surface area contributed by atoms with Gasteiger partial charge >= 0.3 is 0 Å². The fourth-order valence-corrected chi connectivity index (χ4v) is 2.94. The Morgan fingerprint density at radius 2 is 2.13 bits per heavy atom. The zero-order valence-corrected chi connectivity index (χ0v) is 15.9. The summed E-state index contributed by atoms with van der Waals surface area (Å²) in [6.45, 7) is 6.66. The average Bonchev–Trinajstić information content (AvgIpc) is 2.80. The van der Waals surface area contributed by atoms with Gasteiger partial charge < -0.3 is 15.4 Å². The first-order valence-electron chi connectivity index (χ1n) is 8.30. The van der Waals surface area contributed by atoms with Crippen molar-refractivity contribution in [3.05, 3.63) is 35.9 Å². The summed E-state index contributed by atoms with van der Waals surface area (Å²) in [4.78, 5) is 6.94. The molecule has 0 aromatic heterocycles. The molecule has 1 fully saturated rings. The summed E-state index contributed by atoms with van der Waals surface area (Å²) >= 11 is 0. The predicted molar refractivity (Wildman–Crippen MR) is 104 cm³/mol. The molecule has 2 aliphatic heterocycles. The highest BCUT2D eigenvalue weighted by Crippen LogP contribution is 2.10. The third kappa shape index (κ3) is 6.27. The number of benzene rings is 1. The van der Waals surface area contributed by atoms with Gasteiger partial charge in [-0.2, -0.15) is 0 Å². The fraction of sp³-hybridized carbons (Fsp3) is 0.588. The third-order valence-corrected chi connectivity index (χ3v) is 4.08. The molecule has 1 atom stereocenters. The predicted octanol–water partition coefficient (Wildman–Crippen LogP) is 1.83. The van der Waals surface area contributed by atoms with Crippen molar-refractivity contribution < 1.29 is 4.74 Å². The lowest BCUT2D eigenvalue weighted by atomic mass is 10.2. The molecule has 1 aromatic rings. The largest absolute Gasteiger partial charge is 0.375 e. The van der Waals surface area contributed by atoms with Crippen LogP contribution in [0.1, 0.15) is 18.4 Å². The van der Waals surface area contributed by atoms with E-state index < -0.39 is 0 Å². The third-order valence-electron chi connectivity index (χ3n) is 4.08. The Kier molecular flexibility index (Phi) is 8.11. The minimum Gasteiger partial charge on any atom is -0.375 e.